The molecule has 0 unspecified atom stereocenters. The van der Waals surface area contributed by atoms with Gasteiger partial charge in [0, 0.05) is 13.1 Å². The molecule has 0 aromatic heterocycles. The van der Waals surface area contributed by atoms with Gasteiger partial charge >= 0.3 is 6.18 Å². The fourth-order valence-corrected chi connectivity index (χ4v) is 2.92. The van der Waals surface area contributed by atoms with Crippen molar-refractivity contribution in [2.75, 3.05) is 18.9 Å². The van der Waals surface area contributed by atoms with Gasteiger partial charge in [-0.05, 0) is 48.0 Å². The highest BCUT2D eigenvalue weighted by atomic mass is 19.4. The van der Waals surface area contributed by atoms with Gasteiger partial charge < -0.3 is 15.0 Å². The number of ether oxygens (including phenoxy) is 1. The van der Waals surface area contributed by atoms with Gasteiger partial charge in [-0.2, -0.15) is 13.2 Å². The lowest BCUT2D eigenvalue weighted by Crippen LogP contribution is -2.34. The van der Waals surface area contributed by atoms with E-state index in [1.165, 1.54) is 25.3 Å². The number of nitrogens with one attached hydrogen (secondary N) is 1. The molecule has 8 heteroatoms. The first kappa shape index (κ1) is 23.6. The number of alkyl halides is 3. The fraction of sp³-hybridized carbons (Fsp3) is 0.120. The van der Waals surface area contributed by atoms with E-state index in [4.69, 9.17) is 4.74 Å². The molecule has 0 spiro atoms. The van der Waals surface area contributed by atoms with Crippen LogP contribution in [-0.4, -0.2) is 30.3 Å². The van der Waals surface area contributed by atoms with Crippen LogP contribution >= 0.6 is 0 Å². The zero-order valence-corrected chi connectivity index (χ0v) is 17.7. The van der Waals surface area contributed by atoms with Gasteiger partial charge in [-0.1, -0.05) is 42.5 Å². The van der Waals surface area contributed by atoms with E-state index in [9.17, 15) is 22.8 Å². The molecule has 0 atom stereocenters. The number of carbonyl (C=O) groups is 2. The van der Waals surface area contributed by atoms with Crippen LogP contribution in [0.4, 0.5) is 18.9 Å². The summed E-state index contributed by atoms with van der Waals surface area (Å²) in [5.41, 5.74) is -0.611. The molecule has 170 valence electrons. The van der Waals surface area contributed by atoms with E-state index in [1.54, 1.807) is 30.3 Å². The first-order chi connectivity index (χ1) is 15.7. The van der Waals surface area contributed by atoms with Crippen LogP contribution in [0.2, 0.25) is 0 Å². The lowest BCUT2D eigenvalue weighted by Gasteiger charge is -2.17. The molecule has 0 aliphatic carbocycles. The maximum atomic E-state index is 13.1. The van der Waals surface area contributed by atoms with E-state index in [0.717, 1.165) is 17.0 Å². The number of carbonyl (C=O) groups excluding carboxylic acids is 2. The van der Waals surface area contributed by atoms with Crippen molar-refractivity contribution in [3.8, 4) is 11.5 Å². The van der Waals surface area contributed by atoms with Crippen LogP contribution in [0.3, 0.4) is 0 Å². The summed E-state index contributed by atoms with van der Waals surface area (Å²) in [5.74, 6) is 0.0391. The molecule has 3 aromatic rings. The van der Waals surface area contributed by atoms with Gasteiger partial charge in [0.15, 0.2) is 0 Å². The Morgan fingerprint density at radius 3 is 2.33 bits per heavy atom. The van der Waals surface area contributed by atoms with Crippen LogP contribution in [0.5, 0.6) is 11.5 Å². The number of hydrogen-bond acceptors (Lipinski definition) is 3. The molecule has 3 rings (SSSR count). The van der Waals surface area contributed by atoms with E-state index in [2.05, 4.69) is 5.32 Å². The van der Waals surface area contributed by atoms with Gasteiger partial charge in [0.25, 0.3) is 0 Å². The second-order valence-corrected chi connectivity index (χ2v) is 7.11. The quantitative estimate of drug-likeness (QED) is 0.472. The van der Waals surface area contributed by atoms with Crippen LogP contribution in [0.25, 0.3) is 6.08 Å². The SMILES string of the molecule is CN(CC(=O)Nc1ccccc1C(F)(F)F)C(=O)/C=C/c1cccc(Oc2ccccc2)c1. The van der Waals surface area contributed by atoms with Gasteiger partial charge in [0.1, 0.15) is 11.5 Å². The number of benzene rings is 3. The number of nitrogens with zero attached hydrogens (tertiary/aromatic N) is 1. The van der Waals surface area contributed by atoms with Crippen molar-refractivity contribution >= 4 is 23.6 Å². The summed E-state index contributed by atoms with van der Waals surface area (Å²) in [5, 5.41) is 2.21. The maximum absolute atomic E-state index is 13.1. The minimum atomic E-state index is -4.60. The van der Waals surface area contributed by atoms with Gasteiger partial charge in [-0.15, -0.1) is 0 Å². The van der Waals surface area contributed by atoms with E-state index < -0.39 is 30.1 Å². The summed E-state index contributed by atoms with van der Waals surface area (Å²) in [7, 11) is 1.39. The minimum absolute atomic E-state index is 0.360. The third-order valence-electron chi connectivity index (χ3n) is 4.52. The summed E-state index contributed by atoms with van der Waals surface area (Å²) >= 11 is 0. The van der Waals surface area contributed by atoms with Crippen LogP contribution in [0.15, 0.2) is 84.9 Å². The zero-order chi connectivity index (χ0) is 23.8. The Kier molecular flexibility index (Phi) is 7.50. The van der Waals surface area contributed by atoms with E-state index in [1.807, 2.05) is 30.3 Å². The standard InChI is InChI=1S/C25H21F3N2O3/c1-30(17-23(31)29-22-13-6-5-12-21(22)25(26,27)28)24(32)15-14-18-8-7-11-20(16-18)33-19-9-3-2-4-10-19/h2-16H,17H2,1H3,(H,29,31)/b15-14+. The van der Waals surface area contributed by atoms with Crippen molar-refractivity contribution in [3.63, 3.8) is 0 Å². The Hall–Kier alpha value is -4.07. The molecule has 1 N–H and O–H groups in total. The van der Waals surface area contributed by atoms with Gasteiger partial charge in [0.05, 0.1) is 17.8 Å². The molecule has 0 saturated heterocycles. The number of likely N-dealkylation sites (N-methyl/N-ethyl adjacent to an activating group) is 1. The van der Waals surface area contributed by atoms with E-state index >= 15 is 0 Å². The summed E-state index contributed by atoms with van der Waals surface area (Å²) in [6.45, 7) is -0.410. The molecule has 0 aliphatic rings. The highest BCUT2D eigenvalue weighted by molar-refractivity contribution is 5.98. The Morgan fingerprint density at radius 1 is 0.939 bits per heavy atom. The second-order valence-electron chi connectivity index (χ2n) is 7.11. The van der Waals surface area contributed by atoms with Crippen molar-refractivity contribution in [2.45, 2.75) is 6.18 Å². The highest BCUT2D eigenvalue weighted by Crippen LogP contribution is 2.34. The largest absolute Gasteiger partial charge is 0.457 e. The van der Waals surface area contributed by atoms with Crippen molar-refractivity contribution < 1.29 is 27.5 Å². The zero-order valence-electron chi connectivity index (χ0n) is 17.7. The molecule has 0 bridgehead atoms. The first-order valence-corrected chi connectivity index (χ1v) is 9.94. The van der Waals surface area contributed by atoms with E-state index in [-0.39, 0.29) is 5.69 Å². The molecule has 0 fully saturated rings. The Balaban J connectivity index is 1.59. The molecule has 5 nitrogen and oxygen atoms in total. The lowest BCUT2D eigenvalue weighted by atomic mass is 10.1. The molecule has 0 aliphatic heterocycles. The van der Waals surface area contributed by atoms with Crippen LogP contribution in [0, 0.1) is 0 Å². The predicted octanol–water partition coefficient (Wildman–Crippen LogP) is 5.61. The van der Waals surface area contributed by atoms with Gasteiger partial charge in [-0.3, -0.25) is 9.59 Å². The molecule has 0 radical (unpaired) electrons. The minimum Gasteiger partial charge on any atom is -0.457 e. The first-order valence-electron chi connectivity index (χ1n) is 9.94. The Labute approximate surface area is 189 Å². The predicted molar refractivity (Wildman–Crippen MR) is 120 cm³/mol. The van der Waals surface area contributed by atoms with Crippen molar-refractivity contribution in [1.29, 1.82) is 0 Å². The molecule has 0 heterocycles. The number of anilines is 1. The molecular formula is C25H21F3N2O3. The number of rotatable bonds is 7. The number of halogens is 3. The average Bonchev–Trinajstić information content (AvgIpc) is 2.78. The summed E-state index contributed by atoms with van der Waals surface area (Å²) in [4.78, 5) is 25.6. The molecule has 0 saturated carbocycles. The lowest BCUT2D eigenvalue weighted by molar-refractivity contribution is -0.137. The van der Waals surface area contributed by atoms with Crippen molar-refractivity contribution in [3.05, 3.63) is 96.1 Å². The van der Waals surface area contributed by atoms with Gasteiger partial charge in [0.2, 0.25) is 11.8 Å². The summed E-state index contributed by atoms with van der Waals surface area (Å²) in [6, 6.07) is 21.0. The average molecular weight is 454 g/mol. The number of para-hydroxylation sites is 2. The summed E-state index contributed by atoms with van der Waals surface area (Å²) in [6.07, 6.45) is -1.76. The third kappa shape index (κ3) is 6.96. The van der Waals surface area contributed by atoms with Crippen LogP contribution < -0.4 is 10.1 Å². The summed E-state index contributed by atoms with van der Waals surface area (Å²) < 4.78 is 45.0. The maximum Gasteiger partial charge on any atom is 0.418 e. The van der Waals surface area contributed by atoms with Crippen molar-refractivity contribution in [1.82, 2.24) is 4.90 Å². The molecule has 33 heavy (non-hydrogen) atoms. The third-order valence-corrected chi connectivity index (χ3v) is 4.52. The van der Waals surface area contributed by atoms with Crippen LogP contribution in [0.1, 0.15) is 11.1 Å². The number of hydrogen-bond donors (Lipinski definition) is 1. The molecular weight excluding hydrogens is 433 g/mol. The monoisotopic (exact) mass is 454 g/mol. The second kappa shape index (κ2) is 10.5. The Bertz CT molecular complexity index is 1140. The van der Waals surface area contributed by atoms with Gasteiger partial charge in [-0.25, -0.2) is 0 Å². The smallest absolute Gasteiger partial charge is 0.418 e. The van der Waals surface area contributed by atoms with E-state index in [0.29, 0.717) is 17.1 Å². The molecule has 3 aromatic carbocycles. The normalized spacial score (nSPS) is 11.3. The van der Waals surface area contributed by atoms with Crippen molar-refractivity contribution in [2.24, 2.45) is 0 Å². The number of amides is 2. The fourth-order valence-electron chi connectivity index (χ4n) is 2.92. The topological polar surface area (TPSA) is 58.6 Å². The molecule has 2 amide bonds. The Morgan fingerprint density at radius 2 is 1.61 bits per heavy atom. The van der Waals surface area contributed by atoms with Crippen LogP contribution in [-0.2, 0) is 15.8 Å². The highest BCUT2D eigenvalue weighted by Gasteiger charge is 2.33.